The van der Waals surface area contributed by atoms with Gasteiger partial charge in [0.2, 0.25) is 0 Å². The molecular formula is C10H9N5O2. The highest BCUT2D eigenvalue weighted by molar-refractivity contribution is 5.97. The Morgan fingerprint density at radius 3 is 2.65 bits per heavy atom. The number of nitrogens with two attached hydrogens (primary N) is 2. The maximum absolute atomic E-state index is 11.0. The maximum atomic E-state index is 11.0. The van der Waals surface area contributed by atoms with E-state index < -0.39 is 5.91 Å². The number of nitrogens with zero attached hydrogens (tertiary/aromatic N) is 3. The van der Waals surface area contributed by atoms with Gasteiger partial charge in [-0.15, -0.1) is 4.91 Å². The van der Waals surface area contributed by atoms with Gasteiger partial charge in [-0.05, 0) is 17.3 Å². The predicted octanol–water partition coefficient (Wildman–Crippen LogP) is 0.951. The van der Waals surface area contributed by atoms with Crippen LogP contribution in [0.4, 0.5) is 11.5 Å². The number of hydrogen-bond acceptors (Lipinski definition) is 5. The first kappa shape index (κ1) is 10.8. The van der Waals surface area contributed by atoms with Crippen molar-refractivity contribution in [3.8, 4) is 5.69 Å². The number of hydrogen-bond donors (Lipinski definition) is 2. The first-order valence-corrected chi connectivity index (χ1v) is 4.71. The summed E-state index contributed by atoms with van der Waals surface area (Å²) >= 11 is 0. The van der Waals surface area contributed by atoms with Crippen molar-refractivity contribution < 1.29 is 4.79 Å². The van der Waals surface area contributed by atoms with Crippen molar-refractivity contribution in [3.63, 3.8) is 0 Å². The van der Waals surface area contributed by atoms with Crippen LogP contribution in [0.3, 0.4) is 0 Å². The van der Waals surface area contributed by atoms with Crippen LogP contribution >= 0.6 is 0 Å². The Balaban J connectivity index is 2.61. The molecule has 0 aliphatic heterocycles. The van der Waals surface area contributed by atoms with Crippen LogP contribution in [-0.4, -0.2) is 15.7 Å². The van der Waals surface area contributed by atoms with E-state index in [-0.39, 0.29) is 17.1 Å². The highest BCUT2D eigenvalue weighted by Crippen LogP contribution is 2.25. The Morgan fingerprint density at radius 1 is 1.35 bits per heavy atom. The smallest absolute Gasteiger partial charge is 0.254 e. The SMILES string of the molecule is NC(=O)c1cnn(-c2ccccc2N=O)c1N. The molecule has 86 valence electrons. The molecule has 0 unspecified atom stereocenters. The van der Waals surface area contributed by atoms with Crippen molar-refractivity contribution in [1.29, 1.82) is 0 Å². The van der Waals surface area contributed by atoms with Crippen molar-refractivity contribution >= 4 is 17.4 Å². The highest BCUT2D eigenvalue weighted by Gasteiger charge is 2.15. The van der Waals surface area contributed by atoms with Gasteiger partial charge in [-0.3, -0.25) is 4.79 Å². The number of aromatic nitrogens is 2. The minimum absolute atomic E-state index is 0.0774. The standard InChI is InChI=1S/C10H9N5O2/c11-9-6(10(12)16)5-13-15(9)8-4-2-1-3-7(8)14-17/h1-5H,11H2,(H2,12,16). The summed E-state index contributed by atoms with van der Waals surface area (Å²) in [5, 5.41) is 6.77. The molecule has 1 aromatic heterocycles. The number of benzene rings is 1. The second-order valence-corrected chi connectivity index (χ2v) is 3.30. The molecule has 0 saturated heterocycles. The van der Waals surface area contributed by atoms with E-state index in [2.05, 4.69) is 10.3 Å². The van der Waals surface area contributed by atoms with E-state index in [9.17, 15) is 9.70 Å². The monoisotopic (exact) mass is 231 g/mol. The van der Waals surface area contributed by atoms with Gasteiger partial charge in [0.15, 0.2) is 0 Å². The summed E-state index contributed by atoms with van der Waals surface area (Å²) in [5.74, 6) is -0.598. The molecule has 0 aliphatic rings. The van der Waals surface area contributed by atoms with Gasteiger partial charge in [0.05, 0.1) is 11.9 Å². The van der Waals surface area contributed by atoms with Crippen LogP contribution in [0, 0.1) is 4.91 Å². The normalized spacial score (nSPS) is 10.1. The van der Waals surface area contributed by atoms with Gasteiger partial charge < -0.3 is 11.5 Å². The number of amides is 1. The van der Waals surface area contributed by atoms with Crippen molar-refractivity contribution in [2.45, 2.75) is 0 Å². The number of carbonyl (C=O) groups is 1. The molecular weight excluding hydrogens is 222 g/mol. The fourth-order valence-corrected chi connectivity index (χ4v) is 1.46. The number of primary amides is 1. The Morgan fingerprint density at radius 2 is 2.06 bits per heavy atom. The predicted molar refractivity (Wildman–Crippen MR) is 61.9 cm³/mol. The second kappa shape index (κ2) is 4.05. The van der Waals surface area contributed by atoms with E-state index in [0.717, 1.165) is 0 Å². The fraction of sp³-hybridized carbons (Fsp3) is 0. The third-order valence-corrected chi connectivity index (χ3v) is 2.28. The van der Waals surface area contributed by atoms with Gasteiger partial charge in [-0.25, -0.2) is 4.68 Å². The average molecular weight is 231 g/mol. The maximum Gasteiger partial charge on any atom is 0.254 e. The van der Waals surface area contributed by atoms with Gasteiger partial charge in [0.25, 0.3) is 5.91 Å². The Hall–Kier alpha value is -2.70. The lowest BCUT2D eigenvalue weighted by molar-refractivity contribution is 0.100. The molecule has 0 aliphatic carbocycles. The molecule has 2 rings (SSSR count). The van der Waals surface area contributed by atoms with E-state index >= 15 is 0 Å². The summed E-state index contributed by atoms with van der Waals surface area (Å²) in [6.07, 6.45) is 1.25. The minimum atomic E-state index is -0.676. The average Bonchev–Trinajstić information content (AvgIpc) is 2.71. The molecule has 7 nitrogen and oxygen atoms in total. The van der Waals surface area contributed by atoms with E-state index in [1.165, 1.54) is 16.9 Å². The quantitative estimate of drug-likeness (QED) is 0.764. The van der Waals surface area contributed by atoms with E-state index in [1.807, 2.05) is 0 Å². The number of para-hydroxylation sites is 1. The largest absolute Gasteiger partial charge is 0.383 e. The molecule has 7 heteroatoms. The zero-order valence-electron chi connectivity index (χ0n) is 8.70. The van der Waals surface area contributed by atoms with Crippen LogP contribution in [0.2, 0.25) is 0 Å². The van der Waals surface area contributed by atoms with Crippen molar-refractivity contribution in [1.82, 2.24) is 9.78 Å². The second-order valence-electron chi connectivity index (χ2n) is 3.30. The summed E-state index contributed by atoms with van der Waals surface area (Å²) in [4.78, 5) is 21.7. The third kappa shape index (κ3) is 1.73. The van der Waals surface area contributed by atoms with Gasteiger partial charge in [0.1, 0.15) is 17.1 Å². The number of rotatable bonds is 3. The summed E-state index contributed by atoms with van der Waals surface area (Å²) < 4.78 is 1.25. The van der Waals surface area contributed by atoms with Crippen molar-refractivity contribution in [2.24, 2.45) is 10.9 Å². The Kier molecular flexibility index (Phi) is 2.57. The number of anilines is 1. The van der Waals surface area contributed by atoms with E-state index in [4.69, 9.17) is 11.5 Å². The molecule has 0 bridgehead atoms. The van der Waals surface area contributed by atoms with Crippen LogP contribution < -0.4 is 11.5 Å². The third-order valence-electron chi connectivity index (χ3n) is 2.28. The topological polar surface area (TPSA) is 116 Å². The minimum Gasteiger partial charge on any atom is -0.383 e. The summed E-state index contributed by atoms with van der Waals surface area (Å²) in [7, 11) is 0. The summed E-state index contributed by atoms with van der Waals surface area (Å²) in [6, 6.07) is 6.50. The van der Waals surface area contributed by atoms with Crippen molar-refractivity contribution in [2.75, 3.05) is 5.73 Å². The first-order valence-electron chi connectivity index (χ1n) is 4.71. The van der Waals surface area contributed by atoms with Gasteiger partial charge in [-0.2, -0.15) is 5.10 Å². The molecule has 0 fully saturated rings. The van der Waals surface area contributed by atoms with E-state index in [0.29, 0.717) is 5.69 Å². The zero-order valence-corrected chi connectivity index (χ0v) is 8.70. The molecule has 1 heterocycles. The molecule has 0 radical (unpaired) electrons. The van der Waals surface area contributed by atoms with Crippen LogP contribution in [0.1, 0.15) is 10.4 Å². The van der Waals surface area contributed by atoms with Crippen LogP contribution in [0.15, 0.2) is 35.6 Å². The number of nitroso groups, excluding NO2 is 1. The van der Waals surface area contributed by atoms with E-state index in [1.54, 1.807) is 18.2 Å². The lowest BCUT2D eigenvalue weighted by atomic mass is 10.2. The van der Waals surface area contributed by atoms with Crippen molar-refractivity contribution in [3.05, 3.63) is 40.9 Å². The lowest BCUT2D eigenvalue weighted by Crippen LogP contribution is -2.13. The molecule has 4 N–H and O–H groups in total. The molecule has 1 amide bonds. The molecule has 17 heavy (non-hydrogen) atoms. The first-order chi connectivity index (χ1) is 8.15. The lowest BCUT2D eigenvalue weighted by Gasteiger charge is -2.05. The molecule has 0 atom stereocenters. The number of carbonyl (C=O) groups excluding carboxylic acids is 1. The molecule has 1 aromatic carbocycles. The van der Waals surface area contributed by atoms with Crippen LogP contribution in [0.5, 0.6) is 0 Å². The van der Waals surface area contributed by atoms with Gasteiger partial charge in [0, 0.05) is 0 Å². The summed E-state index contributed by atoms with van der Waals surface area (Å²) in [5.41, 5.74) is 11.5. The molecule has 0 saturated carbocycles. The Bertz CT molecular complexity index is 590. The highest BCUT2D eigenvalue weighted by atomic mass is 16.3. The fourth-order valence-electron chi connectivity index (χ4n) is 1.46. The zero-order chi connectivity index (χ0) is 12.4. The van der Waals surface area contributed by atoms with Gasteiger partial charge >= 0.3 is 0 Å². The van der Waals surface area contributed by atoms with Crippen LogP contribution in [0.25, 0.3) is 5.69 Å². The molecule has 2 aromatic rings. The molecule has 0 spiro atoms. The van der Waals surface area contributed by atoms with Crippen LogP contribution in [-0.2, 0) is 0 Å². The Labute approximate surface area is 96.0 Å². The number of nitrogen functional groups attached to an aromatic ring is 1. The summed E-state index contributed by atoms with van der Waals surface area (Å²) in [6.45, 7) is 0. The van der Waals surface area contributed by atoms with Gasteiger partial charge in [-0.1, -0.05) is 12.1 Å².